The molecule has 20 heavy (non-hydrogen) atoms. The summed E-state index contributed by atoms with van der Waals surface area (Å²) in [7, 11) is 3.69. The predicted octanol–water partition coefficient (Wildman–Crippen LogP) is 3.64. The fourth-order valence-corrected chi connectivity index (χ4v) is 2.68. The highest BCUT2D eigenvalue weighted by Crippen LogP contribution is 2.36. The standard InChI is InChI=1S/C17H25NO2/c1-17(2,3)16-13-10-12(8-9-19-5)6-7-14(13)20-15(16)11-18-4/h6-7,10,18H,8-9,11H2,1-5H3. The number of ether oxygens (including phenoxy) is 1. The highest BCUT2D eigenvalue weighted by Gasteiger charge is 2.24. The topological polar surface area (TPSA) is 34.4 Å². The van der Waals surface area contributed by atoms with Crippen molar-refractivity contribution in [2.45, 2.75) is 39.2 Å². The minimum absolute atomic E-state index is 0.0668. The van der Waals surface area contributed by atoms with Gasteiger partial charge in [0.05, 0.1) is 13.2 Å². The predicted molar refractivity (Wildman–Crippen MR) is 83.3 cm³/mol. The van der Waals surface area contributed by atoms with Crippen molar-refractivity contribution in [3.8, 4) is 0 Å². The van der Waals surface area contributed by atoms with Crippen LogP contribution in [0.1, 0.15) is 37.7 Å². The third kappa shape index (κ3) is 3.05. The number of fused-ring (bicyclic) bond motifs is 1. The second kappa shape index (κ2) is 5.98. The van der Waals surface area contributed by atoms with E-state index in [9.17, 15) is 0 Å². The molecule has 0 unspecified atom stereocenters. The average molecular weight is 275 g/mol. The highest BCUT2D eigenvalue weighted by molar-refractivity contribution is 5.84. The Kier molecular flexibility index (Phi) is 4.51. The summed E-state index contributed by atoms with van der Waals surface area (Å²) >= 11 is 0. The molecular formula is C17H25NO2. The Labute approximate surface area is 121 Å². The van der Waals surface area contributed by atoms with Crippen molar-refractivity contribution in [2.24, 2.45) is 0 Å². The molecule has 1 aromatic heterocycles. The Morgan fingerprint density at radius 2 is 2.00 bits per heavy atom. The van der Waals surface area contributed by atoms with Gasteiger partial charge in [0.25, 0.3) is 0 Å². The van der Waals surface area contributed by atoms with Gasteiger partial charge in [-0.2, -0.15) is 0 Å². The van der Waals surface area contributed by atoms with Crippen LogP contribution in [0, 0.1) is 0 Å². The number of hydrogen-bond donors (Lipinski definition) is 1. The van der Waals surface area contributed by atoms with Crippen LogP contribution in [0.2, 0.25) is 0 Å². The lowest BCUT2D eigenvalue weighted by atomic mass is 9.84. The summed E-state index contributed by atoms with van der Waals surface area (Å²) in [5, 5.41) is 4.43. The Balaban J connectivity index is 2.54. The van der Waals surface area contributed by atoms with Gasteiger partial charge in [-0.3, -0.25) is 0 Å². The number of hydrogen-bond acceptors (Lipinski definition) is 3. The smallest absolute Gasteiger partial charge is 0.134 e. The molecule has 0 aliphatic rings. The zero-order valence-corrected chi connectivity index (χ0v) is 13.2. The van der Waals surface area contributed by atoms with Crippen LogP contribution in [-0.2, 0) is 23.1 Å². The van der Waals surface area contributed by atoms with Crippen molar-refractivity contribution >= 4 is 11.0 Å². The Morgan fingerprint density at radius 3 is 2.60 bits per heavy atom. The van der Waals surface area contributed by atoms with Crippen molar-refractivity contribution in [3.05, 3.63) is 35.1 Å². The maximum Gasteiger partial charge on any atom is 0.134 e. The van der Waals surface area contributed by atoms with Crippen LogP contribution in [0.4, 0.5) is 0 Å². The zero-order chi connectivity index (χ0) is 14.8. The normalized spacial score (nSPS) is 12.2. The molecule has 1 aromatic carbocycles. The van der Waals surface area contributed by atoms with E-state index in [0.29, 0.717) is 0 Å². The Hall–Kier alpha value is -1.32. The number of benzene rings is 1. The van der Waals surface area contributed by atoms with Gasteiger partial charge >= 0.3 is 0 Å². The summed E-state index contributed by atoms with van der Waals surface area (Å²) in [6, 6.07) is 6.45. The molecule has 2 aromatic rings. The second-order valence-electron chi connectivity index (χ2n) is 6.25. The van der Waals surface area contributed by atoms with Gasteiger partial charge in [-0.05, 0) is 36.6 Å². The minimum atomic E-state index is 0.0668. The van der Waals surface area contributed by atoms with Crippen molar-refractivity contribution in [3.63, 3.8) is 0 Å². The van der Waals surface area contributed by atoms with Gasteiger partial charge in [-0.25, -0.2) is 0 Å². The van der Waals surface area contributed by atoms with Gasteiger partial charge in [0.15, 0.2) is 0 Å². The monoisotopic (exact) mass is 275 g/mol. The molecule has 0 spiro atoms. The van der Waals surface area contributed by atoms with Crippen LogP contribution in [0.5, 0.6) is 0 Å². The molecule has 0 radical (unpaired) electrons. The van der Waals surface area contributed by atoms with E-state index in [1.165, 1.54) is 16.5 Å². The Bertz CT molecular complexity index is 578. The molecule has 110 valence electrons. The van der Waals surface area contributed by atoms with Crippen LogP contribution < -0.4 is 5.32 Å². The molecule has 2 rings (SSSR count). The van der Waals surface area contributed by atoms with Crippen LogP contribution >= 0.6 is 0 Å². The SMILES string of the molecule is CNCc1oc2ccc(CCOC)cc2c1C(C)(C)C. The van der Waals surface area contributed by atoms with Crippen molar-refractivity contribution in [1.29, 1.82) is 0 Å². The van der Waals surface area contributed by atoms with Gasteiger partial charge < -0.3 is 14.5 Å². The van der Waals surface area contributed by atoms with Gasteiger partial charge in [0, 0.05) is 18.1 Å². The zero-order valence-electron chi connectivity index (χ0n) is 13.2. The van der Waals surface area contributed by atoms with E-state index in [1.54, 1.807) is 7.11 Å². The van der Waals surface area contributed by atoms with Crippen molar-refractivity contribution in [1.82, 2.24) is 5.32 Å². The van der Waals surface area contributed by atoms with Crippen LogP contribution in [0.3, 0.4) is 0 Å². The summed E-state index contributed by atoms with van der Waals surface area (Å²) < 4.78 is 11.2. The number of furan rings is 1. The molecule has 0 amide bonds. The second-order valence-corrected chi connectivity index (χ2v) is 6.25. The molecule has 0 bridgehead atoms. The first-order chi connectivity index (χ1) is 9.47. The van der Waals surface area contributed by atoms with Crippen molar-refractivity contribution < 1.29 is 9.15 Å². The lowest BCUT2D eigenvalue weighted by Crippen LogP contribution is -2.16. The lowest BCUT2D eigenvalue weighted by Gasteiger charge is -2.19. The third-order valence-electron chi connectivity index (χ3n) is 3.51. The van der Waals surface area contributed by atoms with E-state index in [-0.39, 0.29) is 5.41 Å². The molecule has 0 saturated heterocycles. The molecule has 0 atom stereocenters. The fraction of sp³-hybridized carbons (Fsp3) is 0.529. The van der Waals surface area contributed by atoms with E-state index in [2.05, 4.69) is 44.3 Å². The lowest BCUT2D eigenvalue weighted by molar-refractivity contribution is 0.202. The fourth-order valence-electron chi connectivity index (χ4n) is 2.68. The number of rotatable bonds is 5. The van der Waals surface area contributed by atoms with E-state index in [4.69, 9.17) is 9.15 Å². The maximum atomic E-state index is 6.03. The minimum Gasteiger partial charge on any atom is -0.459 e. The van der Waals surface area contributed by atoms with Gasteiger partial charge in [-0.1, -0.05) is 26.8 Å². The highest BCUT2D eigenvalue weighted by atomic mass is 16.5. The number of methoxy groups -OCH3 is 1. The van der Waals surface area contributed by atoms with E-state index >= 15 is 0 Å². The molecule has 0 fully saturated rings. The third-order valence-corrected chi connectivity index (χ3v) is 3.51. The summed E-state index contributed by atoms with van der Waals surface area (Å²) in [6.45, 7) is 8.21. The summed E-state index contributed by atoms with van der Waals surface area (Å²) in [5.41, 5.74) is 3.64. The first-order valence-corrected chi connectivity index (χ1v) is 7.15. The summed E-state index contributed by atoms with van der Waals surface area (Å²) in [4.78, 5) is 0. The molecule has 1 N–H and O–H groups in total. The maximum absolute atomic E-state index is 6.03. The number of nitrogens with one attached hydrogen (secondary N) is 1. The largest absolute Gasteiger partial charge is 0.459 e. The van der Waals surface area contributed by atoms with Crippen LogP contribution in [0.25, 0.3) is 11.0 Å². The molecule has 0 aliphatic heterocycles. The Morgan fingerprint density at radius 1 is 1.25 bits per heavy atom. The van der Waals surface area contributed by atoms with Gasteiger partial charge in [0.2, 0.25) is 0 Å². The van der Waals surface area contributed by atoms with Crippen molar-refractivity contribution in [2.75, 3.05) is 20.8 Å². The van der Waals surface area contributed by atoms with E-state index in [0.717, 1.165) is 30.9 Å². The first kappa shape index (κ1) is 15.1. The molecular weight excluding hydrogens is 250 g/mol. The average Bonchev–Trinajstić information content (AvgIpc) is 2.73. The van der Waals surface area contributed by atoms with Crippen LogP contribution in [-0.4, -0.2) is 20.8 Å². The molecule has 0 saturated carbocycles. The molecule has 3 heteroatoms. The summed E-state index contributed by atoms with van der Waals surface area (Å²) in [6.07, 6.45) is 0.933. The molecule has 3 nitrogen and oxygen atoms in total. The quantitative estimate of drug-likeness (QED) is 0.904. The summed E-state index contributed by atoms with van der Waals surface area (Å²) in [5.74, 6) is 1.04. The van der Waals surface area contributed by atoms with E-state index < -0.39 is 0 Å². The van der Waals surface area contributed by atoms with Crippen LogP contribution in [0.15, 0.2) is 22.6 Å². The first-order valence-electron chi connectivity index (χ1n) is 7.15. The van der Waals surface area contributed by atoms with E-state index in [1.807, 2.05) is 7.05 Å². The van der Waals surface area contributed by atoms with Gasteiger partial charge in [0.1, 0.15) is 11.3 Å². The van der Waals surface area contributed by atoms with Gasteiger partial charge in [-0.15, -0.1) is 0 Å². The molecule has 1 heterocycles. The molecule has 0 aliphatic carbocycles.